The van der Waals surface area contributed by atoms with Crippen LogP contribution in [-0.2, 0) is 5.54 Å². The fourth-order valence-electron chi connectivity index (χ4n) is 4.10. The monoisotopic (exact) mass is 363 g/mol. The number of aromatic nitrogens is 2. The number of carboxylic acid groups (broad SMARTS) is 1. The lowest BCUT2D eigenvalue weighted by Crippen LogP contribution is -2.36. The van der Waals surface area contributed by atoms with Crippen molar-refractivity contribution >= 4 is 17.9 Å². The Morgan fingerprint density at radius 1 is 1.38 bits per heavy atom. The van der Waals surface area contributed by atoms with Gasteiger partial charge in [-0.3, -0.25) is 10.00 Å². The number of urea groups is 1. The second-order valence-electron chi connectivity index (χ2n) is 9.07. The molecule has 1 saturated heterocycles. The van der Waals surface area contributed by atoms with Gasteiger partial charge in [0.2, 0.25) is 0 Å². The first-order chi connectivity index (χ1) is 12.0. The predicted octanol–water partition coefficient (Wildman–Crippen LogP) is 3.17. The Balaban J connectivity index is 1.81. The Kier molecular flexibility index (Phi) is 4.40. The van der Waals surface area contributed by atoms with Crippen LogP contribution >= 0.6 is 0 Å². The summed E-state index contributed by atoms with van der Waals surface area (Å²) in [6.07, 6.45) is 1.67. The molecule has 3 rings (SSSR count). The largest absolute Gasteiger partial charge is 0.465 e. The maximum Gasteiger partial charge on any atom is 0.410 e. The second kappa shape index (κ2) is 6.17. The first kappa shape index (κ1) is 18.5. The summed E-state index contributed by atoms with van der Waals surface area (Å²) in [4.78, 5) is 25.2. The van der Waals surface area contributed by atoms with E-state index < -0.39 is 6.09 Å². The van der Waals surface area contributed by atoms with Crippen molar-refractivity contribution in [3.8, 4) is 0 Å². The van der Waals surface area contributed by atoms with Crippen LogP contribution in [-0.4, -0.2) is 50.0 Å². The molecule has 0 radical (unpaired) electrons. The van der Waals surface area contributed by atoms with Gasteiger partial charge in [0, 0.05) is 30.3 Å². The topological polar surface area (TPSA) is 99.5 Å². The summed E-state index contributed by atoms with van der Waals surface area (Å²) in [5.41, 5.74) is 0.586. The molecular formula is C18H29N5O3. The van der Waals surface area contributed by atoms with E-state index in [1.165, 1.54) is 0 Å². The number of anilines is 1. The van der Waals surface area contributed by atoms with Crippen LogP contribution < -0.4 is 10.6 Å². The third-order valence-corrected chi connectivity index (χ3v) is 5.14. The van der Waals surface area contributed by atoms with E-state index in [1.54, 1.807) is 0 Å². The quantitative estimate of drug-likeness (QED) is 0.768. The first-order valence-electron chi connectivity index (χ1n) is 9.15. The Bertz CT molecular complexity index is 719. The van der Waals surface area contributed by atoms with Crippen molar-refractivity contribution in [3.05, 3.63) is 11.8 Å². The van der Waals surface area contributed by atoms with Crippen molar-refractivity contribution in [3.63, 3.8) is 0 Å². The van der Waals surface area contributed by atoms with Gasteiger partial charge in [-0.1, -0.05) is 0 Å². The first-order valence-corrected chi connectivity index (χ1v) is 9.15. The number of carbonyl (C=O) groups is 2. The van der Waals surface area contributed by atoms with E-state index in [2.05, 4.69) is 36.5 Å². The van der Waals surface area contributed by atoms with Gasteiger partial charge in [-0.05, 0) is 53.9 Å². The zero-order valence-electron chi connectivity index (χ0n) is 16.2. The molecule has 1 aromatic heterocycles. The van der Waals surface area contributed by atoms with Crippen LogP contribution in [0, 0.1) is 0 Å². The zero-order chi connectivity index (χ0) is 19.3. The van der Waals surface area contributed by atoms with Crippen LogP contribution in [0.4, 0.5) is 15.4 Å². The van der Waals surface area contributed by atoms with Gasteiger partial charge >= 0.3 is 12.1 Å². The molecule has 2 atom stereocenters. The molecule has 1 aliphatic carbocycles. The van der Waals surface area contributed by atoms with Gasteiger partial charge in [0.15, 0.2) is 5.82 Å². The number of nitrogens with zero attached hydrogens (tertiary/aromatic N) is 3. The lowest BCUT2D eigenvalue weighted by molar-refractivity contribution is 0.196. The molecule has 1 saturated carbocycles. The normalized spacial score (nSPS) is 25.4. The number of carbonyl (C=O) groups excluding carboxylic acids is 1. The maximum absolute atomic E-state index is 12.3. The van der Waals surface area contributed by atoms with E-state index in [0.717, 1.165) is 25.0 Å². The summed E-state index contributed by atoms with van der Waals surface area (Å²) < 4.78 is 1.92. The van der Waals surface area contributed by atoms with Gasteiger partial charge in [-0.15, -0.1) is 0 Å². The molecule has 2 fully saturated rings. The molecule has 8 nitrogen and oxygen atoms in total. The van der Waals surface area contributed by atoms with E-state index in [9.17, 15) is 9.59 Å². The van der Waals surface area contributed by atoms with Crippen molar-refractivity contribution in [2.45, 2.75) is 76.9 Å². The highest BCUT2D eigenvalue weighted by molar-refractivity contribution is 5.81. The van der Waals surface area contributed by atoms with Crippen molar-refractivity contribution in [1.82, 2.24) is 20.0 Å². The lowest BCUT2D eigenvalue weighted by Gasteiger charge is -2.26. The number of hydrogen-bond acceptors (Lipinski definition) is 3. The van der Waals surface area contributed by atoms with Gasteiger partial charge in [-0.25, -0.2) is 9.59 Å². The smallest absolute Gasteiger partial charge is 0.410 e. The van der Waals surface area contributed by atoms with E-state index in [-0.39, 0.29) is 29.1 Å². The summed E-state index contributed by atoms with van der Waals surface area (Å²) >= 11 is 0. The summed E-state index contributed by atoms with van der Waals surface area (Å²) in [6.45, 7) is 10.9. The Morgan fingerprint density at radius 2 is 2.08 bits per heavy atom. The Labute approximate surface area is 153 Å². The van der Waals surface area contributed by atoms with Crippen LogP contribution in [0.15, 0.2) is 6.07 Å². The molecule has 144 valence electrons. The van der Waals surface area contributed by atoms with Crippen molar-refractivity contribution in [2.75, 3.05) is 11.9 Å². The molecule has 0 bridgehead atoms. The van der Waals surface area contributed by atoms with E-state index >= 15 is 0 Å². The van der Waals surface area contributed by atoms with Crippen molar-refractivity contribution in [2.24, 2.45) is 0 Å². The molecule has 8 heteroatoms. The minimum absolute atomic E-state index is 0.0122. The van der Waals surface area contributed by atoms with Crippen molar-refractivity contribution < 1.29 is 14.7 Å². The molecule has 0 unspecified atom stereocenters. The average molecular weight is 363 g/mol. The fraction of sp³-hybridized carbons (Fsp3) is 0.722. The highest BCUT2D eigenvalue weighted by atomic mass is 16.4. The molecule has 0 aromatic carbocycles. The minimum Gasteiger partial charge on any atom is -0.465 e. The van der Waals surface area contributed by atoms with Crippen LogP contribution in [0.1, 0.15) is 65.5 Å². The van der Waals surface area contributed by atoms with Gasteiger partial charge in [0.05, 0.1) is 11.1 Å². The number of amides is 3. The van der Waals surface area contributed by atoms with Crippen molar-refractivity contribution in [1.29, 1.82) is 0 Å². The standard InChI is InChI=1S/C18H29N5O3/c1-17(2,3)23-13(9-14(21-23)19-16(25)26)11-6-7-12(8-11)22-10-18(4,5)20-15(22)24/h9,11-12H,6-8,10H2,1-5H3,(H,19,21)(H,20,24)(H,25,26)/t11-,12+/m0/s1. The highest BCUT2D eigenvalue weighted by Crippen LogP contribution is 2.40. The molecule has 26 heavy (non-hydrogen) atoms. The van der Waals surface area contributed by atoms with Gasteiger partial charge in [0.25, 0.3) is 0 Å². The SMILES string of the molecule is CC1(C)CN([C@@H]2CC[C@H](c3cc(NC(=O)O)nn3C(C)(C)C)C2)C(=O)N1. The number of nitrogens with one attached hydrogen (secondary N) is 2. The zero-order valence-corrected chi connectivity index (χ0v) is 16.2. The summed E-state index contributed by atoms with van der Waals surface area (Å²) in [5, 5.41) is 18.8. The van der Waals surface area contributed by atoms with Crippen LogP contribution in [0.2, 0.25) is 0 Å². The molecule has 1 aromatic rings. The summed E-state index contributed by atoms with van der Waals surface area (Å²) in [7, 11) is 0. The predicted molar refractivity (Wildman–Crippen MR) is 98.6 cm³/mol. The molecule has 1 aliphatic heterocycles. The maximum atomic E-state index is 12.3. The van der Waals surface area contributed by atoms with E-state index in [1.807, 2.05) is 29.5 Å². The van der Waals surface area contributed by atoms with Gasteiger partial charge in [0.1, 0.15) is 0 Å². The highest BCUT2D eigenvalue weighted by Gasteiger charge is 2.42. The van der Waals surface area contributed by atoms with Crippen LogP contribution in [0.25, 0.3) is 0 Å². The molecular weight excluding hydrogens is 334 g/mol. The van der Waals surface area contributed by atoms with E-state index in [0.29, 0.717) is 12.4 Å². The number of hydrogen-bond donors (Lipinski definition) is 3. The van der Waals surface area contributed by atoms with E-state index in [4.69, 9.17) is 5.11 Å². The molecule has 0 spiro atoms. The Morgan fingerprint density at radius 3 is 2.62 bits per heavy atom. The molecule has 2 aliphatic rings. The summed E-state index contributed by atoms with van der Waals surface area (Å²) in [6, 6.07) is 2.06. The summed E-state index contributed by atoms with van der Waals surface area (Å²) in [5.74, 6) is 0.610. The van der Waals surface area contributed by atoms with Gasteiger partial charge < -0.3 is 15.3 Å². The van der Waals surface area contributed by atoms with Crippen LogP contribution in [0.3, 0.4) is 0 Å². The number of rotatable bonds is 3. The van der Waals surface area contributed by atoms with Gasteiger partial charge in [-0.2, -0.15) is 5.10 Å². The Hall–Kier alpha value is -2.25. The molecule has 2 heterocycles. The third-order valence-electron chi connectivity index (χ3n) is 5.14. The molecule has 3 amide bonds. The minimum atomic E-state index is -1.12. The van der Waals surface area contributed by atoms with Crippen LogP contribution in [0.5, 0.6) is 0 Å². The fourth-order valence-corrected chi connectivity index (χ4v) is 4.10. The second-order valence-corrected chi connectivity index (χ2v) is 9.07. The lowest BCUT2D eigenvalue weighted by atomic mass is 10.0. The molecule has 3 N–H and O–H groups in total. The average Bonchev–Trinajstić information content (AvgIpc) is 3.14. The third kappa shape index (κ3) is 3.64.